The molecule has 5 nitrogen and oxygen atoms in total. The molecule has 0 bridgehead atoms. The predicted octanol–water partition coefficient (Wildman–Crippen LogP) is 3.80. The second-order valence-electron chi connectivity index (χ2n) is 7.61. The maximum Gasteiger partial charge on any atom is 0.223 e. The number of sulfonamides is 1. The van der Waals surface area contributed by atoms with Crippen LogP contribution in [0.3, 0.4) is 0 Å². The van der Waals surface area contributed by atoms with Gasteiger partial charge >= 0.3 is 0 Å². The summed E-state index contributed by atoms with van der Waals surface area (Å²) in [6, 6.07) is 16.9. The van der Waals surface area contributed by atoms with Crippen LogP contribution in [0, 0.1) is 5.92 Å². The molecular weight excluding hydrogens is 408 g/mol. The standard InChI is InChI=1S/C22H27ClN2O3S/c1-17(19-5-3-2-4-6-19)15-24-22(26)20-11-13-25(14-12-20)29(27,28)16-18-7-9-21(23)10-8-18/h2-10,17,20H,11-16H2,1H3,(H,24,26)/t17-/m0/s1. The van der Waals surface area contributed by atoms with Crippen LogP contribution >= 0.6 is 11.6 Å². The number of rotatable bonds is 7. The Morgan fingerprint density at radius 1 is 1.10 bits per heavy atom. The minimum Gasteiger partial charge on any atom is -0.355 e. The molecule has 2 aromatic carbocycles. The summed E-state index contributed by atoms with van der Waals surface area (Å²) in [4.78, 5) is 12.5. The zero-order valence-corrected chi connectivity index (χ0v) is 18.1. The number of amides is 1. The monoisotopic (exact) mass is 434 g/mol. The highest BCUT2D eigenvalue weighted by Gasteiger charge is 2.31. The van der Waals surface area contributed by atoms with Crippen molar-refractivity contribution in [3.8, 4) is 0 Å². The van der Waals surface area contributed by atoms with Gasteiger partial charge in [0.15, 0.2) is 0 Å². The van der Waals surface area contributed by atoms with E-state index >= 15 is 0 Å². The van der Waals surface area contributed by atoms with Crippen molar-refractivity contribution in [3.05, 3.63) is 70.7 Å². The van der Waals surface area contributed by atoms with Crippen LogP contribution in [0.5, 0.6) is 0 Å². The molecule has 29 heavy (non-hydrogen) atoms. The van der Waals surface area contributed by atoms with Gasteiger partial charge in [-0.15, -0.1) is 0 Å². The lowest BCUT2D eigenvalue weighted by Crippen LogP contribution is -2.43. The van der Waals surface area contributed by atoms with E-state index in [1.54, 1.807) is 24.3 Å². The number of carbonyl (C=O) groups is 1. The van der Waals surface area contributed by atoms with Gasteiger partial charge in [0.2, 0.25) is 15.9 Å². The summed E-state index contributed by atoms with van der Waals surface area (Å²) in [6.07, 6.45) is 1.09. The molecule has 1 atom stereocenters. The lowest BCUT2D eigenvalue weighted by Gasteiger charge is -2.30. The molecule has 2 aromatic rings. The molecule has 0 aromatic heterocycles. The van der Waals surface area contributed by atoms with Gasteiger partial charge in [0.25, 0.3) is 0 Å². The molecule has 0 unspecified atom stereocenters. The fourth-order valence-electron chi connectivity index (χ4n) is 3.58. The van der Waals surface area contributed by atoms with Crippen LogP contribution in [0.15, 0.2) is 54.6 Å². The normalized spacial score (nSPS) is 17.0. The first kappa shape index (κ1) is 21.8. The Morgan fingerprint density at radius 2 is 1.72 bits per heavy atom. The van der Waals surface area contributed by atoms with Crippen molar-refractivity contribution < 1.29 is 13.2 Å². The third-order valence-corrected chi connectivity index (χ3v) is 7.53. The molecule has 3 rings (SSSR count). The van der Waals surface area contributed by atoms with E-state index in [-0.39, 0.29) is 23.5 Å². The fraction of sp³-hybridized carbons (Fsp3) is 0.409. The van der Waals surface area contributed by atoms with Crippen molar-refractivity contribution >= 4 is 27.5 Å². The molecule has 7 heteroatoms. The van der Waals surface area contributed by atoms with Gasteiger partial charge in [-0.2, -0.15) is 0 Å². The molecule has 1 fully saturated rings. The van der Waals surface area contributed by atoms with Gasteiger partial charge in [0, 0.05) is 30.6 Å². The highest BCUT2D eigenvalue weighted by molar-refractivity contribution is 7.88. The summed E-state index contributed by atoms with van der Waals surface area (Å²) < 4.78 is 26.9. The van der Waals surface area contributed by atoms with E-state index in [1.807, 2.05) is 18.2 Å². The SMILES string of the molecule is C[C@@H](CNC(=O)C1CCN(S(=O)(=O)Cc2ccc(Cl)cc2)CC1)c1ccccc1. The van der Waals surface area contributed by atoms with E-state index in [0.717, 1.165) is 0 Å². The quantitative estimate of drug-likeness (QED) is 0.720. The lowest BCUT2D eigenvalue weighted by molar-refractivity contribution is -0.126. The number of carbonyl (C=O) groups excluding carboxylic acids is 1. The Bertz CT molecular complexity index is 909. The first-order chi connectivity index (χ1) is 13.8. The number of nitrogens with zero attached hydrogens (tertiary/aromatic N) is 1. The van der Waals surface area contributed by atoms with Gasteiger partial charge in [0.05, 0.1) is 5.75 Å². The predicted molar refractivity (Wildman–Crippen MR) is 116 cm³/mol. The van der Waals surface area contributed by atoms with E-state index in [1.165, 1.54) is 9.87 Å². The van der Waals surface area contributed by atoms with Crippen LogP contribution in [0.25, 0.3) is 0 Å². The lowest BCUT2D eigenvalue weighted by atomic mass is 9.96. The summed E-state index contributed by atoms with van der Waals surface area (Å²) in [6.45, 7) is 3.42. The van der Waals surface area contributed by atoms with Crippen LogP contribution in [0.1, 0.15) is 36.8 Å². The van der Waals surface area contributed by atoms with Gasteiger partial charge in [-0.1, -0.05) is 61.0 Å². The number of hydrogen-bond acceptors (Lipinski definition) is 3. The molecule has 1 amide bonds. The number of hydrogen-bond donors (Lipinski definition) is 1. The summed E-state index contributed by atoms with van der Waals surface area (Å²) in [5, 5.41) is 3.61. The maximum absolute atomic E-state index is 12.7. The summed E-state index contributed by atoms with van der Waals surface area (Å²) in [7, 11) is -3.40. The smallest absolute Gasteiger partial charge is 0.223 e. The number of nitrogens with one attached hydrogen (secondary N) is 1. The van der Waals surface area contributed by atoms with Crippen molar-refractivity contribution in [1.82, 2.24) is 9.62 Å². The highest BCUT2D eigenvalue weighted by atomic mass is 35.5. The summed E-state index contributed by atoms with van der Waals surface area (Å²) >= 11 is 5.86. The zero-order chi connectivity index (χ0) is 20.9. The molecule has 1 aliphatic rings. The Hall–Kier alpha value is -1.89. The van der Waals surface area contributed by atoms with Gasteiger partial charge in [-0.25, -0.2) is 12.7 Å². The van der Waals surface area contributed by atoms with Crippen LogP contribution < -0.4 is 5.32 Å². The van der Waals surface area contributed by atoms with E-state index in [9.17, 15) is 13.2 Å². The van der Waals surface area contributed by atoms with E-state index in [2.05, 4.69) is 24.4 Å². The van der Waals surface area contributed by atoms with Crippen LogP contribution in [-0.4, -0.2) is 38.3 Å². The number of benzene rings is 2. The minimum atomic E-state index is -3.40. The first-order valence-corrected chi connectivity index (χ1v) is 11.9. The fourth-order valence-corrected chi connectivity index (χ4v) is 5.27. The van der Waals surface area contributed by atoms with E-state index in [4.69, 9.17) is 11.6 Å². The van der Waals surface area contributed by atoms with Crippen molar-refractivity contribution in [2.75, 3.05) is 19.6 Å². The molecule has 1 N–H and O–H groups in total. The van der Waals surface area contributed by atoms with E-state index in [0.29, 0.717) is 43.1 Å². The van der Waals surface area contributed by atoms with Gasteiger partial charge < -0.3 is 5.32 Å². The van der Waals surface area contributed by atoms with Crippen LogP contribution in [0.4, 0.5) is 0 Å². The third kappa shape index (κ3) is 6.04. The van der Waals surface area contributed by atoms with Crippen molar-refractivity contribution in [2.45, 2.75) is 31.4 Å². The topological polar surface area (TPSA) is 66.5 Å². The molecule has 0 aliphatic carbocycles. The van der Waals surface area contributed by atoms with Crippen molar-refractivity contribution in [2.24, 2.45) is 5.92 Å². The Labute approximate surface area is 178 Å². The first-order valence-electron chi connectivity index (χ1n) is 9.90. The average molecular weight is 435 g/mol. The van der Waals surface area contributed by atoms with E-state index < -0.39 is 10.0 Å². The summed E-state index contributed by atoms with van der Waals surface area (Å²) in [5.41, 5.74) is 1.90. The Balaban J connectivity index is 1.47. The van der Waals surface area contributed by atoms with Gasteiger partial charge in [-0.3, -0.25) is 4.79 Å². The molecule has 1 saturated heterocycles. The van der Waals surface area contributed by atoms with Crippen molar-refractivity contribution in [1.29, 1.82) is 0 Å². The highest BCUT2D eigenvalue weighted by Crippen LogP contribution is 2.23. The van der Waals surface area contributed by atoms with Gasteiger partial charge in [-0.05, 0) is 42.0 Å². The molecule has 0 saturated carbocycles. The van der Waals surface area contributed by atoms with Crippen LogP contribution in [-0.2, 0) is 20.6 Å². The maximum atomic E-state index is 12.7. The minimum absolute atomic E-state index is 0.0162. The molecule has 1 aliphatic heterocycles. The molecule has 1 heterocycles. The molecule has 0 spiro atoms. The summed E-state index contributed by atoms with van der Waals surface area (Å²) in [5.74, 6) is 0.0674. The second-order valence-corrected chi connectivity index (χ2v) is 10.0. The molecular formula is C22H27ClN2O3S. The molecule has 156 valence electrons. The second kappa shape index (κ2) is 9.74. The van der Waals surface area contributed by atoms with Crippen LogP contribution in [0.2, 0.25) is 5.02 Å². The third-order valence-electron chi connectivity index (χ3n) is 5.43. The number of halogens is 1. The zero-order valence-electron chi connectivity index (χ0n) is 16.6. The average Bonchev–Trinajstić information content (AvgIpc) is 2.74. The Kier molecular flexibility index (Phi) is 7.33. The Morgan fingerprint density at radius 3 is 2.34 bits per heavy atom. The number of piperidine rings is 1. The van der Waals surface area contributed by atoms with Crippen molar-refractivity contribution in [3.63, 3.8) is 0 Å². The molecule has 0 radical (unpaired) electrons. The van der Waals surface area contributed by atoms with Gasteiger partial charge in [0.1, 0.15) is 0 Å². The largest absolute Gasteiger partial charge is 0.355 e.